The molecular weight excluding hydrogens is 334 g/mol. The Balaban J connectivity index is 2.34. The largest absolute Gasteiger partial charge is 0.383 e. The van der Waals surface area contributed by atoms with E-state index in [2.05, 4.69) is 43.2 Å². The molecule has 0 saturated heterocycles. The number of nitrogens with one attached hydrogen (secondary N) is 1. The third-order valence-electron chi connectivity index (χ3n) is 3.09. The fourth-order valence-corrected chi connectivity index (χ4v) is 2.63. The molecule has 2 aromatic heterocycles. The van der Waals surface area contributed by atoms with Gasteiger partial charge < -0.3 is 10.1 Å². The Labute approximate surface area is 133 Å². The van der Waals surface area contributed by atoms with E-state index >= 15 is 0 Å². The summed E-state index contributed by atoms with van der Waals surface area (Å²) in [5.74, 6) is 0. The van der Waals surface area contributed by atoms with E-state index in [1.807, 2.05) is 10.9 Å². The maximum atomic E-state index is 5.15. The quantitative estimate of drug-likeness (QED) is 0.787. The Bertz CT molecular complexity index is 546. The van der Waals surface area contributed by atoms with E-state index in [4.69, 9.17) is 4.74 Å². The molecule has 0 radical (unpaired) electrons. The Kier molecular flexibility index (Phi) is 6.28. The fourth-order valence-electron chi connectivity index (χ4n) is 2.10. The van der Waals surface area contributed by atoms with Gasteiger partial charge in [-0.1, -0.05) is 6.92 Å². The van der Waals surface area contributed by atoms with Crippen LogP contribution in [-0.2, 0) is 11.3 Å². The average molecular weight is 354 g/mol. The number of ether oxygens (including phenoxy) is 1. The van der Waals surface area contributed by atoms with Gasteiger partial charge >= 0.3 is 0 Å². The lowest BCUT2D eigenvalue weighted by Crippen LogP contribution is -2.27. The molecule has 0 aliphatic rings. The zero-order valence-corrected chi connectivity index (χ0v) is 13.9. The van der Waals surface area contributed by atoms with Crippen molar-refractivity contribution in [2.75, 3.05) is 20.3 Å². The van der Waals surface area contributed by atoms with E-state index in [1.54, 1.807) is 25.7 Å². The SMILES string of the molecule is CCCNC(c1cnccn1)c1c(Br)cnn1CCOC. The van der Waals surface area contributed by atoms with Crippen LogP contribution < -0.4 is 5.32 Å². The van der Waals surface area contributed by atoms with E-state index in [1.165, 1.54) is 0 Å². The second-order valence-electron chi connectivity index (χ2n) is 4.61. The Morgan fingerprint density at radius 3 is 2.90 bits per heavy atom. The van der Waals surface area contributed by atoms with Gasteiger partial charge in [-0.3, -0.25) is 14.6 Å². The first-order valence-electron chi connectivity index (χ1n) is 6.97. The van der Waals surface area contributed by atoms with Gasteiger partial charge in [0.2, 0.25) is 0 Å². The molecule has 1 unspecified atom stereocenters. The highest BCUT2D eigenvalue weighted by atomic mass is 79.9. The molecule has 0 bridgehead atoms. The lowest BCUT2D eigenvalue weighted by Gasteiger charge is -2.20. The van der Waals surface area contributed by atoms with Crippen LogP contribution in [0.15, 0.2) is 29.3 Å². The number of rotatable bonds is 8. The van der Waals surface area contributed by atoms with E-state index < -0.39 is 0 Å². The molecule has 0 spiro atoms. The zero-order chi connectivity index (χ0) is 15.1. The maximum absolute atomic E-state index is 5.15. The summed E-state index contributed by atoms with van der Waals surface area (Å²) in [7, 11) is 1.69. The second-order valence-corrected chi connectivity index (χ2v) is 5.47. The molecule has 0 amide bonds. The standard InChI is InChI=1S/C14H20BrN5O/c1-3-4-18-13(12-10-16-5-6-17-12)14-11(15)9-19-20(14)7-8-21-2/h5-6,9-10,13,18H,3-4,7-8H2,1-2H3. The van der Waals surface area contributed by atoms with E-state index in [0.29, 0.717) is 13.2 Å². The predicted octanol–water partition coefficient (Wildman–Crippen LogP) is 2.17. The first-order chi connectivity index (χ1) is 10.3. The number of hydrogen-bond acceptors (Lipinski definition) is 5. The van der Waals surface area contributed by atoms with Crippen LogP contribution >= 0.6 is 15.9 Å². The van der Waals surface area contributed by atoms with Crippen molar-refractivity contribution in [1.82, 2.24) is 25.1 Å². The number of halogens is 1. The summed E-state index contributed by atoms with van der Waals surface area (Å²) in [6.07, 6.45) is 8.02. The molecule has 114 valence electrons. The van der Waals surface area contributed by atoms with Crippen molar-refractivity contribution in [3.8, 4) is 0 Å². The van der Waals surface area contributed by atoms with Crippen LogP contribution in [0.3, 0.4) is 0 Å². The molecule has 21 heavy (non-hydrogen) atoms. The van der Waals surface area contributed by atoms with Crippen molar-refractivity contribution in [2.24, 2.45) is 0 Å². The summed E-state index contributed by atoms with van der Waals surface area (Å²) < 4.78 is 8.05. The molecule has 2 aromatic rings. The van der Waals surface area contributed by atoms with Crippen LogP contribution in [0.2, 0.25) is 0 Å². The summed E-state index contributed by atoms with van der Waals surface area (Å²) in [6, 6.07) is -0.0487. The summed E-state index contributed by atoms with van der Waals surface area (Å²) in [5.41, 5.74) is 1.92. The number of nitrogens with zero attached hydrogens (tertiary/aromatic N) is 4. The van der Waals surface area contributed by atoms with Crippen molar-refractivity contribution in [3.05, 3.63) is 40.6 Å². The summed E-state index contributed by atoms with van der Waals surface area (Å²) in [6.45, 7) is 4.34. The first kappa shape index (κ1) is 16.1. The van der Waals surface area contributed by atoms with E-state index in [0.717, 1.165) is 28.8 Å². The monoisotopic (exact) mass is 353 g/mol. The molecule has 1 N–H and O–H groups in total. The molecule has 0 fully saturated rings. The van der Waals surface area contributed by atoms with E-state index in [9.17, 15) is 0 Å². The van der Waals surface area contributed by atoms with Gasteiger partial charge in [-0.15, -0.1) is 0 Å². The van der Waals surface area contributed by atoms with Crippen molar-refractivity contribution in [3.63, 3.8) is 0 Å². The molecule has 1 atom stereocenters. The molecule has 2 rings (SSSR count). The molecule has 0 saturated carbocycles. The smallest absolute Gasteiger partial charge is 0.0949 e. The normalized spacial score (nSPS) is 12.5. The third kappa shape index (κ3) is 4.09. The highest BCUT2D eigenvalue weighted by molar-refractivity contribution is 9.10. The van der Waals surface area contributed by atoms with Gasteiger partial charge in [-0.25, -0.2) is 0 Å². The molecule has 0 aliphatic carbocycles. The van der Waals surface area contributed by atoms with Crippen LogP contribution in [0.25, 0.3) is 0 Å². The average Bonchev–Trinajstić information content (AvgIpc) is 2.88. The van der Waals surface area contributed by atoms with Gasteiger partial charge in [-0.05, 0) is 28.9 Å². The summed E-state index contributed by atoms with van der Waals surface area (Å²) in [5, 5.41) is 7.92. The molecule has 2 heterocycles. The predicted molar refractivity (Wildman–Crippen MR) is 84.0 cm³/mol. The second kappa shape index (κ2) is 8.21. The lowest BCUT2D eigenvalue weighted by atomic mass is 10.1. The van der Waals surface area contributed by atoms with Crippen LogP contribution in [-0.4, -0.2) is 40.0 Å². The Morgan fingerprint density at radius 1 is 1.38 bits per heavy atom. The van der Waals surface area contributed by atoms with Crippen molar-refractivity contribution < 1.29 is 4.74 Å². The van der Waals surface area contributed by atoms with Crippen LogP contribution in [0, 0.1) is 0 Å². The Morgan fingerprint density at radius 2 is 2.24 bits per heavy atom. The first-order valence-corrected chi connectivity index (χ1v) is 7.76. The van der Waals surface area contributed by atoms with Gasteiger partial charge in [0.05, 0.1) is 47.4 Å². The third-order valence-corrected chi connectivity index (χ3v) is 3.70. The highest BCUT2D eigenvalue weighted by Gasteiger charge is 2.22. The Hall–Kier alpha value is -1.31. The molecule has 0 aromatic carbocycles. The maximum Gasteiger partial charge on any atom is 0.0949 e. The highest BCUT2D eigenvalue weighted by Crippen LogP contribution is 2.27. The number of hydrogen-bond donors (Lipinski definition) is 1. The fraction of sp³-hybridized carbons (Fsp3) is 0.500. The minimum atomic E-state index is -0.0487. The molecular formula is C14H20BrN5O. The van der Waals surface area contributed by atoms with Crippen molar-refractivity contribution >= 4 is 15.9 Å². The van der Waals surface area contributed by atoms with Gasteiger partial charge in [0.1, 0.15) is 0 Å². The number of aromatic nitrogens is 4. The van der Waals surface area contributed by atoms with Gasteiger partial charge in [0.25, 0.3) is 0 Å². The molecule has 6 nitrogen and oxygen atoms in total. The van der Waals surface area contributed by atoms with Crippen LogP contribution in [0.4, 0.5) is 0 Å². The van der Waals surface area contributed by atoms with Crippen LogP contribution in [0.1, 0.15) is 30.8 Å². The van der Waals surface area contributed by atoms with Crippen LogP contribution in [0.5, 0.6) is 0 Å². The zero-order valence-electron chi connectivity index (χ0n) is 12.3. The van der Waals surface area contributed by atoms with Crippen molar-refractivity contribution in [1.29, 1.82) is 0 Å². The van der Waals surface area contributed by atoms with Crippen molar-refractivity contribution in [2.45, 2.75) is 25.9 Å². The molecule has 0 aliphatic heterocycles. The topological polar surface area (TPSA) is 64.9 Å². The minimum Gasteiger partial charge on any atom is -0.383 e. The van der Waals surface area contributed by atoms with Gasteiger partial charge in [-0.2, -0.15) is 5.10 Å². The number of methoxy groups -OCH3 is 1. The van der Waals surface area contributed by atoms with Gasteiger partial charge in [0, 0.05) is 19.5 Å². The minimum absolute atomic E-state index is 0.0487. The van der Waals surface area contributed by atoms with E-state index in [-0.39, 0.29) is 6.04 Å². The summed E-state index contributed by atoms with van der Waals surface area (Å²) >= 11 is 3.59. The molecule has 7 heteroatoms. The lowest BCUT2D eigenvalue weighted by molar-refractivity contribution is 0.182. The van der Waals surface area contributed by atoms with Gasteiger partial charge in [0.15, 0.2) is 0 Å². The summed E-state index contributed by atoms with van der Waals surface area (Å²) in [4.78, 5) is 8.61.